The molecule has 0 unspecified atom stereocenters. The van der Waals surface area contributed by atoms with Crippen molar-refractivity contribution in [2.24, 2.45) is 0 Å². The van der Waals surface area contributed by atoms with Crippen molar-refractivity contribution >= 4 is 11.9 Å². The Labute approximate surface area is 140 Å². The molecule has 0 heterocycles. The molecule has 0 radical (unpaired) electrons. The minimum Gasteiger partial charge on any atom is -0.456 e. The molecule has 2 aromatic rings. The van der Waals surface area contributed by atoms with Crippen LogP contribution in [0.2, 0.25) is 0 Å². The zero-order valence-electron chi connectivity index (χ0n) is 13.9. The van der Waals surface area contributed by atoms with Crippen LogP contribution in [0.25, 0.3) is 0 Å². The highest BCUT2D eigenvalue weighted by molar-refractivity contribution is 5.96. The molecular weight excluding hydrogens is 309 g/mol. The lowest BCUT2D eigenvalue weighted by Crippen LogP contribution is -2.31. The second-order valence-corrected chi connectivity index (χ2v) is 5.67. The third-order valence-corrected chi connectivity index (χ3v) is 3.81. The number of halogens is 1. The summed E-state index contributed by atoms with van der Waals surface area (Å²) in [5.41, 5.74) is 3.29. The number of benzene rings is 2. The number of ether oxygens (including phenoxy) is 1. The van der Waals surface area contributed by atoms with E-state index in [2.05, 4.69) is 5.32 Å². The summed E-state index contributed by atoms with van der Waals surface area (Å²) in [6, 6.07) is 11.1. The molecule has 0 aliphatic heterocycles. The molecule has 4 nitrogen and oxygen atoms in total. The van der Waals surface area contributed by atoms with E-state index in [-0.39, 0.29) is 18.3 Å². The second kappa shape index (κ2) is 7.73. The number of esters is 1. The Bertz CT molecular complexity index is 741. The summed E-state index contributed by atoms with van der Waals surface area (Å²) < 4.78 is 18.1. The molecule has 0 aliphatic carbocycles. The molecular formula is C19H20FNO3. The van der Waals surface area contributed by atoms with Gasteiger partial charge in [-0.25, -0.2) is 4.39 Å². The van der Waals surface area contributed by atoms with Crippen LogP contribution >= 0.6 is 0 Å². The molecule has 1 amide bonds. The minimum absolute atomic E-state index is 0.225. The average molecular weight is 329 g/mol. The van der Waals surface area contributed by atoms with Crippen LogP contribution in [0, 0.1) is 19.7 Å². The van der Waals surface area contributed by atoms with Gasteiger partial charge < -0.3 is 10.1 Å². The fourth-order valence-electron chi connectivity index (χ4n) is 2.18. The Hall–Kier alpha value is -2.69. The summed E-state index contributed by atoms with van der Waals surface area (Å²) in [6.07, 6.45) is -0.517. The second-order valence-electron chi connectivity index (χ2n) is 5.67. The summed E-state index contributed by atoms with van der Waals surface area (Å²) in [5, 5.41) is 2.54. The largest absolute Gasteiger partial charge is 0.456 e. The average Bonchev–Trinajstić information content (AvgIpc) is 2.55. The van der Waals surface area contributed by atoms with Gasteiger partial charge in [-0.15, -0.1) is 0 Å². The van der Waals surface area contributed by atoms with Gasteiger partial charge in [-0.1, -0.05) is 18.2 Å². The van der Waals surface area contributed by atoms with Crippen molar-refractivity contribution in [3.05, 3.63) is 70.5 Å². The lowest BCUT2D eigenvalue weighted by molar-refractivity contribution is -0.147. The number of hydrogen-bond donors (Lipinski definition) is 1. The fraction of sp³-hybridized carbons (Fsp3) is 0.263. The number of carbonyl (C=O) groups is 2. The van der Waals surface area contributed by atoms with Gasteiger partial charge in [-0.05, 0) is 61.7 Å². The Kier molecular flexibility index (Phi) is 5.68. The Morgan fingerprint density at radius 2 is 1.75 bits per heavy atom. The summed E-state index contributed by atoms with van der Waals surface area (Å²) in [7, 11) is 0. The smallest absolute Gasteiger partial charge is 0.326 e. The Morgan fingerprint density at radius 1 is 1.08 bits per heavy atom. The van der Waals surface area contributed by atoms with E-state index in [4.69, 9.17) is 4.74 Å². The lowest BCUT2D eigenvalue weighted by Gasteiger charge is -2.14. The van der Waals surface area contributed by atoms with E-state index in [0.717, 1.165) is 11.1 Å². The molecule has 24 heavy (non-hydrogen) atoms. The summed E-state index contributed by atoms with van der Waals surface area (Å²) in [5.74, 6) is -1.23. The summed E-state index contributed by atoms with van der Waals surface area (Å²) in [4.78, 5) is 23.9. The van der Waals surface area contributed by atoms with Crippen LogP contribution in [0.15, 0.2) is 42.5 Å². The molecule has 0 spiro atoms. The van der Waals surface area contributed by atoms with Crippen molar-refractivity contribution in [1.82, 2.24) is 5.32 Å². The van der Waals surface area contributed by atoms with Gasteiger partial charge in [-0.2, -0.15) is 0 Å². The SMILES string of the molecule is Cc1ccc(C(=O)NCC(=O)O[C@@H](C)c2ccc(F)cc2)cc1C. The molecule has 2 rings (SSSR count). The van der Waals surface area contributed by atoms with Crippen molar-refractivity contribution in [2.45, 2.75) is 26.9 Å². The monoisotopic (exact) mass is 329 g/mol. The van der Waals surface area contributed by atoms with E-state index in [1.54, 1.807) is 31.2 Å². The zero-order chi connectivity index (χ0) is 17.7. The Morgan fingerprint density at radius 3 is 2.38 bits per heavy atom. The highest BCUT2D eigenvalue weighted by Gasteiger charge is 2.14. The van der Waals surface area contributed by atoms with Gasteiger partial charge in [0.05, 0.1) is 0 Å². The first kappa shape index (κ1) is 17.7. The van der Waals surface area contributed by atoms with Gasteiger partial charge in [-0.3, -0.25) is 9.59 Å². The minimum atomic E-state index is -0.552. The molecule has 1 atom stereocenters. The lowest BCUT2D eigenvalue weighted by atomic mass is 10.1. The third-order valence-electron chi connectivity index (χ3n) is 3.81. The maximum atomic E-state index is 12.9. The number of carbonyl (C=O) groups excluding carboxylic acids is 2. The highest BCUT2D eigenvalue weighted by atomic mass is 19.1. The van der Waals surface area contributed by atoms with E-state index in [1.807, 2.05) is 19.9 Å². The van der Waals surface area contributed by atoms with Crippen LogP contribution < -0.4 is 5.32 Å². The van der Waals surface area contributed by atoms with Crippen molar-refractivity contribution in [1.29, 1.82) is 0 Å². The molecule has 0 saturated heterocycles. The predicted octanol–water partition coefficient (Wildman–Crippen LogP) is 3.48. The number of rotatable bonds is 5. The van der Waals surface area contributed by atoms with Gasteiger partial charge in [0.2, 0.25) is 0 Å². The normalized spacial score (nSPS) is 11.7. The number of aryl methyl sites for hydroxylation is 2. The first-order valence-electron chi connectivity index (χ1n) is 7.67. The zero-order valence-corrected chi connectivity index (χ0v) is 13.9. The van der Waals surface area contributed by atoms with Crippen LogP contribution in [-0.4, -0.2) is 18.4 Å². The quantitative estimate of drug-likeness (QED) is 0.855. The van der Waals surface area contributed by atoms with Crippen molar-refractivity contribution in [3.8, 4) is 0 Å². The van der Waals surface area contributed by atoms with E-state index < -0.39 is 12.1 Å². The van der Waals surface area contributed by atoms with Crippen LogP contribution in [0.3, 0.4) is 0 Å². The number of amides is 1. The molecule has 0 aliphatic rings. The molecule has 0 fully saturated rings. The third kappa shape index (κ3) is 4.65. The van der Waals surface area contributed by atoms with Crippen LogP contribution in [0.1, 0.15) is 40.1 Å². The molecule has 0 aromatic heterocycles. The highest BCUT2D eigenvalue weighted by Crippen LogP contribution is 2.17. The van der Waals surface area contributed by atoms with E-state index in [0.29, 0.717) is 11.1 Å². The molecule has 2 aromatic carbocycles. The van der Waals surface area contributed by atoms with Crippen molar-refractivity contribution < 1.29 is 18.7 Å². The molecule has 126 valence electrons. The summed E-state index contributed by atoms with van der Waals surface area (Å²) >= 11 is 0. The number of nitrogens with one attached hydrogen (secondary N) is 1. The molecule has 1 N–H and O–H groups in total. The molecule has 0 bridgehead atoms. The van der Waals surface area contributed by atoms with Gasteiger partial charge in [0.1, 0.15) is 18.5 Å². The number of hydrogen-bond acceptors (Lipinski definition) is 3. The first-order valence-corrected chi connectivity index (χ1v) is 7.67. The maximum absolute atomic E-state index is 12.9. The molecule has 5 heteroatoms. The summed E-state index contributed by atoms with van der Waals surface area (Å²) in [6.45, 7) is 5.35. The van der Waals surface area contributed by atoms with Gasteiger partial charge >= 0.3 is 5.97 Å². The van der Waals surface area contributed by atoms with Crippen LogP contribution in [-0.2, 0) is 9.53 Å². The van der Waals surface area contributed by atoms with Gasteiger partial charge in [0.15, 0.2) is 0 Å². The maximum Gasteiger partial charge on any atom is 0.326 e. The van der Waals surface area contributed by atoms with Crippen LogP contribution in [0.4, 0.5) is 4.39 Å². The van der Waals surface area contributed by atoms with Gasteiger partial charge in [0.25, 0.3) is 5.91 Å². The van der Waals surface area contributed by atoms with Gasteiger partial charge in [0, 0.05) is 5.56 Å². The predicted molar refractivity (Wildman–Crippen MR) is 89.2 cm³/mol. The van der Waals surface area contributed by atoms with E-state index in [1.165, 1.54) is 12.1 Å². The standard InChI is InChI=1S/C19H20FNO3/c1-12-4-5-16(10-13(12)2)19(23)21-11-18(22)24-14(3)15-6-8-17(20)9-7-15/h4-10,14H,11H2,1-3H3,(H,21,23)/t14-/m0/s1. The van der Waals surface area contributed by atoms with Crippen molar-refractivity contribution in [3.63, 3.8) is 0 Å². The van der Waals surface area contributed by atoms with E-state index >= 15 is 0 Å². The van der Waals surface area contributed by atoms with E-state index in [9.17, 15) is 14.0 Å². The topological polar surface area (TPSA) is 55.4 Å². The first-order chi connectivity index (χ1) is 11.4. The molecule has 0 saturated carbocycles. The van der Waals surface area contributed by atoms with Crippen LogP contribution in [0.5, 0.6) is 0 Å². The fourth-order valence-corrected chi connectivity index (χ4v) is 2.18. The Balaban J connectivity index is 1.87. The van der Waals surface area contributed by atoms with Crippen molar-refractivity contribution in [2.75, 3.05) is 6.54 Å².